The van der Waals surface area contributed by atoms with Gasteiger partial charge < -0.3 is 4.74 Å². The molecule has 1 aliphatic carbocycles. The molecular formula is C18H22N2O2S. The van der Waals surface area contributed by atoms with Crippen LogP contribution in [0.15, 0.2) is 30.5 Å². The van der Waals surface area contributed by atoms with Crippen LogP contribution in [0.25, 0.3) is 0 Å². The van der Waals surface area contributed by atoms with E-state index in [-0.39, 0.29) is 12.0 Å². The molecule has 1 fully saturated rings. The highest BCUT2D eigenvalue weighted by Gasteiger charge is 2.20. The maximum absolute atomic E-state index is 12.6. The van der Waals surface area contributed by atoms with E-state index in [1.54, 1.807) is 6.07 Å². The number of ether oxygens (including phenoxy) is 1. The monoisotopic (exact) mass is 330 g/mol. The Balaban J connectivity index is 1.73. The smallest absolute Gasteiger partial charge is 0.261 e. The average molecular weight is 330 g/mol. The fraction of sp³-hybridized carbons (Fsp3) is 0.444. The molecule has 3 rings (SSSR count). The van der Waals surface area contributed by atoms with Gasteiger partial charge in [-0.05, 0) is 43.7 Å². The van der Waals surface area contributed by atoms with Gasteiger partial charge in [-0.25, -0.2) is 4.98 Å². The molecule has 0 atom stereocenters. The summed E-state index contributed by atoms with van der Waals surface area (Å²) >= 11 is 1.52. The summed E-state index contributed by atoms with van der Waals surface area (Å²) in [6.45, 7) is 4.23. The summed E-state index contributed by atoms with van der Waals surface area (Å²) in [5, 5.41) is 3.52. The zero-order chi connectivity index (χ0) is 16.2. The summed E-state index contributed by atoms with van der Waals surface area (Å²) in [5.41, 5.74) is 0.570. The Labute approximate surface area is 140 Å². The normalized spacial score (nSPS) is 15.1. The Morgan fingerprint density at radius 2 is 2.04 bits per heavy atom. The highest BCUT2D eigenvalue weighted by atomic mass is 32.1. The van der Waals surface area contributed by atoms with Crippen molar-refractivity contribution in [2.24, 2.45) is 0 Å². The largest absolute Gasteiger partial charge is 0.490 e. The van der Waals surface area contributed by atoms with Gasteiger partial charge in [0.05, 0.1) is 11.7 Å². The molecule has 1 aromatic heterocycles. The molecule has 1 N–H and O–H groups in total. The molecule has 1 saturated carbocycles. The standard InChI is InChI=1S/C18H22N2O2S/c1-12(2)16-11-19-18(23-16)20-17(21)14-9-5-6-10-15(14)22-13-7-3-4-8-13/h5-6,9-13H,3-4,7-8H2,1-2H3,(H,19,20,21). The minimum absolute atomic E-state index is 0.164. The Morgan fingerprint density at radius 3 is 2.74 bits per heavy atom. The molecule has 23 heavy (non-hydrogen) atoms. The first-order valence-corrected chi connectivity index (χ1v) is 8.98. The number of anilines is 1. The third-order valence-electron chi connectivity index (χ3n) is 4.04. The minimum Gasteiger partial charge on any atom is -0.490 e. The molecule has 5 heteroatoms. The van der Waals surface area contributed by atoms with Crippen LogP contribution in [-0.4, -0.2) is 17.0 Å². The van der Waals surface area contributed by atoms with E-state index in [0.717, 1.165) is 17.7 Å². The van der Waals surface area contributed by atoms with Crippen molar-refractivity contribution in [1.29, 1.82) is 0 Å². The second-order valence-corrected chi connectivity index (χ2v) is 7.26. The van der Waals surface area contributed by atoms with E-state index in [4.69, 9.17) is 4.74 Å². The van der Waals surface area contributed by atoms with E-state index in [1.807, 2.05) is 24.4 Å². The van der Waals surface area contributed by atoms with Gasteiger partial charge in [0, 0.05) is 11.1 Å². The predicted octanol–water partition coefficient (Wildman–Crippen LogP) is 4.84. The zero-order valence-corrected chi connectivity index (χ0v) is 14.4. The van der Waals surface area contributed by atoms with E-state index >= 15 is 0 Å². The molecule has 1 aliphatic rings. The number of nitrogens with zero attached hydrogens (tertiary/aromatic N) is 1. The Kier molecular flexibility index (Phi) is 4.96. The van der Waals surface area contributed by atoms with Crippen LogP contribution in [0.4, 0.5) is 5.13 Å². The molecule has 0 radical (unpaired) electrons. The molecule has 0 aliphatic heterocycles. The number of para-hydroxylation sites is 1. The fourth-order valence-electron chi connectivity index (χ4n) is 2.72. The second-order valence-electron chi connectivity index (χ2n) is 6.20. The van der Waals surface area contributed by atoms with Crippen molar-refractivity contribution in [3.8, 4) is 5.75 Å². The number of carbonyl (C=O) groups excluding carboxylic acids is 1. The first-order valence-electron chi connectivity index (χ1n) is 8.16. The van der Waals surface area contributed by atoms with Crippen LogP contribution < -0.4 is 10.1 Å². The number of hydrogen-bond donors (Lipinski definition) is 1. The maximum Gasteiger partial charge on any atom is 0.261 e. The number of hydrogen-bond acceptors (Lipinski definition) is 4. The summed E-state index contributed by atoms with van der Waals surface area (Å²) in [7, 11) is 0. The molecule has 122 valence electrons. The van der Waals surface area contributed by atoms with Gasteiger partial charge in [-0.3, -0.25) is 10.1 Å². The van der Waals surface area contributed by atoms with E-state index in [1.165, 1.54) is 24.2 Å². The summed E-state index contributed by atoms with van der Waals surface area (Å²) in [6, 6.07) is 7.43. The summed E-state index contributed by atoms with van der Waals surface area (Å²) in [5.74, 6) is 0.914. The lowest BCUT2D eigenvalue weighted by molar-refractivity contribution is 0.101. The van der Waals surface area contributed by atoms with E-state index < -0.39 is 0 Å². The van der Waals surface area contributed by atoms with Gasteiger partial charge >= 0.3 is 0 Å². The van der Waals surface area contributed by atoms with Crippen LogP contribution in [0.3, 0.4) is 0 Å². The van der Waals surface area contributed by atoms with Crippen molar-refractivity contribution in [3.63, 3.8) is 0 Å². The van der Waals surface area contributed by atoms with Crippen molar-refractivity contribution in [2.75, 3.05) is 5.32 Å². The zero-order valence-electron chi connectivity index (χ0n) is 13.5. The summed E-state index contributed by atoms with van der Waals surface area (Å²) in [4.78, 5) is 18.0. The van der Waals surface area contributed by atoms with Crippen LogP contribution in [0.5, 0.6) is 5.75 Å². The molecule has 1 amide bonds. The van der Waals surface area contributed by atoms with Crippen molar-refractivity contribution in [3.05, 3.63) is 40.9 Å². The first kappa shape index (κ1) is 16.0. The number of benzene rings is 1. The van der Waals surface area contributed by atoms with Gasteiger partial charge in [0.25, 0.3) is 5.91 Å². The molecule has 2 aromatic rings. The Hall–Kier alpha value is -1.88. The lowest BCUT2D eigenvalue weighted by atomic mass is 10.2. The molecule has 1 heterocycles. The minimum atomic E-state index is -0.164. The number of carbonyl (C=O) groups is 1. The predicted molar refractivity (Wildman–Crippen MR) is 93.5 cm³/mol. The lowest BCUT2D eigenvalue weighted by Gasteiger charge is -2.15. The fourth-order valence-corrected chi connectivity index (χ4v) is 3.53. The van der Waals surface area contributed by atoms with Crippen molar-refractivity contribution < 1.29 is 9.53 Å². The van der Waals surface area contributed by atoms with Crippen LogP contribution in [-0.2, 0) is 0 Å². The topological polar surface area (TPSA) is 51.2 Å². The van der Waals surface area contributed by atoms with Crippen molar-refractivity contribution >= 4 is 22.4 Å². The highest BCUT2D eigenvalue weighted by molar-refractivity contribution is 7.15. The number of amides is 1. The van der Waals surface area contributed by atoms with Crippen molar-refractivity contribution in [2.45, 2.75) is 51.6 Å². The Bertz CT molecular complexity index is 675. The van der Waals surface area contributed by atoms with Gasteiger partial charge in [0.15, 0.2) is 5.13 Å². The van der Waals surface area contributed by atoms with Crippen LogP contribution in [0.2, 0.25) is 0 Å². The van der Waals surface area contributed by atoms with Crippen molar-refractivity contribution in [1.82, 2.24) is 4.98 Å². The Morgan fingerprint density at radius 1 is 1.30 bits per heavy atom. The molecular weight excluding hydrogens is 308 g/mol. The van der Waals surface area contributed by atoms with E-state index in [2.05, 4.69) is 24.1 Å². The second kappa shape index (κ2) is 7.13. The molecule has 0 bridgehead atoms. The quantitative estimate of drug-likeness (QED) is 0.853. The maximum atomic E-state index is 12.6. The summed E-state index contributed by atoms with van der Waals surface area (Å²) < 4.78 is 6.03. The average Bonchev–Trinajstić information content (AvgIpc) is 3.19. The SMILES string of the molecule is CC(C)c1cnc(NC(=O)c2ccccc2OC2CCCC2)s1. The number of thiazole rings is 1. The van der Waals surface area contributed by atoms with Gasteiger partial charge in [-0.15, -0.1) is 11.3 Å². The molecule has 0 saturated heterocycles. The highest BCUT2D eigenvalue weighted by Crippen LogP contribution is 2.29. The molecule has 1 aromatic carbocycles. The first-order chi connectivity index (χ1) is 11.1. The van der Waals surface area contributed by atoms with Gasteiger partial charge in [-0.1, -0.05) is 26.0 Å². The van der Waals surface area contributed by atoms with E-state index in [0.29, 0.717) is 22.4 Å². The molecule has 0 unspecified atom stereocenters. The third-order valence-corrected chi connectivity index (χ3v) is 5.25. The van der Waals surface area contributed by atoms with Crippen LogP contribution >= 0.6 is 11.3 Å². The molecule has 4 nitrogen and oxygen atoms in total. The van der Waals surface area contributed by atoms with Gasteiger partial charge in [0.1, 0.15) is 5.75 Å². The van der Waals surface area contributed by atoms with Crippen LogP contribution in [0.1, 0.15) is 60.7 Å². The lowest BCUT2D eigenvalue weighted by Crippen LogP contribution is -2.17. The van der Waals surface area contributed by atoms with E-state index in [9.17, 15) is 4.79 Å². The van der Waals surface area contributed by atoms with Gasteiger partial charge in [-0.2, -0.15) is 0 Å². The van der Waals surface area contributed by atoms with Crippen LogP contribution in [0, 0.1) is 0 Å². The number of rotatable bonds is 5. The number of nitrogens with one attached hydrogen (secondary N) is 1. The third kappa shape index (κ3) is 3.91. The number of aromatic nitrogens is 1. The molecule has 0 spiro atoms. The van der Waals surface area contributed by atoms with Gasteiger partial charge in [0.2, 0.25) is 0 Å². The summed E-state index contributed by atoms with van der Waals surface area (Å²) in [6.07, 6.45) is 6.61.